The number of carbonyl (C=O) groups excluding carboxylic acids is 1. The Morgan fingerprint density at radius 1 is 1.50 bits per heavy atom. The topological polar surface area (TPSA) is 44.7 Å². The fourth-order valence-electron chi connectivity index (χ4n) is 2.08. The Kier molecular flexibility index (Phi) is 3.71. The highest BCUT2D eigenvalue weighted by Gasteiger charge is 2.29. The van der Waals surface area contributed by atoms with Crippen molar-refractivity contribution < 1.29 is 4.79 Å². The molecule has 0 radical (unpaired) electrons. The molecule has 1 aliphatic rings. The van der Waals surface area contributed by atoms with Crippen molar-refractivity contribution in [3.8, 4) is 0 Å². The predicted molar refractivity (Wildman–Crippen MR) is 77.2 cm³/mol. The van der Waals surface area contributed by atoms with Crippen molar-refractivity contribution in [3.63, 3.8) is 0 Å². The number of hydrogen-bond donors (Lipinski definition) is 1. The molecule has 0 aromatic heterocycles. The Labute approximate surface area is 115 Å². The Hall–Kier alpha value is -1.36. The molecule has 96 valence electrons. The summed E-state index contributed by atoms with van der Waals surface area (Å²) >= 11 is 3.47. The fourth-order valence-corrected chi connectivity index (χ4v) is 2.63. The van der Waals surface area contributed by atoms with Gasteiger partial charge in [-0.2, -0.15) is 5.10 Å². The van der Waals surface area contributed by atoms with Crippen molar-refractivity contribution in [2.45, 2.75) is 25.9 Å². The molecule has 0 bridgehead atoms. The molecule has 0 aliphatic carbocycles. The second-order valence-electron chi connectivity index (χ2n) is 4.50. The summed E-state index contributed by atoms with van der Waals surface area (Å²) in [5.74, 6) is 0. The van der Waals surface area contributed by atoms with E-state index < -0.39 is 0 Å². The van der Waals surface area contributed by atoms with Crippen molar-refractivity contribution in [3.05, 3.63) is 29.3 Å². The molecule has 0 spiro atoms. The van der Waals surface area contributed by atoms with E-state index in [1.807, 2.05) is 44.1 Å². The van der Waals surface area contributed by atoms with Crippen LogP contribution in [0.25, 0.3) is 0 Å². The molecule has 4 nitrogen and oxygen atoms in total. The maximum atomic E-state index is 11.4. The third-order valence-electron chi connectivity index (χ3n) is 3.03. The van der Waals surface area contributed by atoms with E-state index in [4.69, 9.17) is 0 Å². The van der Waals surface area contributed by atoms with Crippen LogP contribution in [-0.4, -0.2) is 29.0 Å². The first kappa shape index (κ1) is 13.1. The lowest BCUT2D eigenvalue weighted by molar-refractivity contribution is -0.113. The van der Waals surface area contributed by atoms with E-state index >= 15 is 0 Å². The van der Waals surface area contributed by atoms with Crippen LogP contribution in [0.1, 0.15) is 31.0 Å². The highest BCUT2D eigenvalue weighted by Crippen LogP contribution is 2.33. The summed E-state index contributed by atoms with van der Waals surface area (Å²) in [6, 6.07) is 5.79. The van der Waals surface area contributed by atoms with E-state index in [9.17, 15) is 4.79 Å². The second kappa shape index (κ2) is 5.10. The van der Waals surface area contributed by atoms with Crippen LogP contribution in [0.3, 0.4) is 0 Å². The Morgan fingerprint density at radius 2 is 2.22 bits per heavy atom. The zero-order valence-corrected chi connectivity index (χ0v) is 12.2. The highest BCUT2D eigenvalue weighted by molar-refractivity contribution is 9.18. The Bertz CT molecular complexity index is 499. The van der Waals surface area contributed by atoms with Crippen LogP contribution in [0.4, 0.5) is 5.69 Å². The second-order valence-corrected chi connectivity index (χ2v) is 5.25. The molecule has 5 heteroatoms. The first-order valence-corrected chi connectivity index (χ1v) is 6.67. The Balaban J connectivity index is 2.56. The molecule has 0 fully saturated rings. The van der Waals surface area contributed by atoms with Crippen LogP contribution in [-0.2, 0) is 4.79 Å². The molecular formula is C13H16BrN3O. The number of halogens is 1. The maximum absolute atomic E-state index is 11.4. The first-order chi connectivity index (χ1) is 8.58. The third-order valence-corrected chi connectivity index (χ3v) is 3.61. The molecule has 0 amide bonds. The SMILES string of the molecule is CNc1ccc2c(c1)C(C=O)N(C(C)C)N=C2Br. The molecule has 1 heterocycles. The molecule has 1 N–H and O–H groups in total. The zero-order valence-electron chi connectivity index (χ0n) is 10.6. The van der Waals surface area contributed by atoms with Gasteiger partial charge in [-0.1, -0.05) is 0 Å². The predicted octanol–water partition coefficient (Wildman–Crippen LogP) is 2.75. The molecule has 18 heavy (non-hydrogen) atoms. The summed E-state index contributed by atoms with van der Waals surface area (Å²) in [5.41, 5.74) is 2.95. The zero-order chi connectivity index (χ0) is 13.3. The van der Waals surface area contributed by atoms with Crippen molar-refractivity contribution in [1.29, 1.82) is 0 Å². The minimum Gasteiger partial charge on any atom is -0.388 e. The van der Waals surface area contributed by atoms with E-state index in [0.29, 0.717) is 0 Å². The van der Waals surface area contributed by atoms with E-state index in [-0.39, 0.29) is 12.1 Å². The van der Waals surface area contributed by atoms with Crippen molar-refractivity contribution in [2.24, 2.45) is 5.10 Å². The average molecular weight is 310 g/mol. The maximum Gasteiger partial charge on any atom is 0.148 e. The number of aldehydes is 1. The van der Waals surface area contributed by atoms with Gasteiger partial charge in [0.05, 0.1) is 0 Å². The van der Waals surface area contributed by atoms with Crippen LogP contribution in [0.15, 0.2) is 23.3 Å². The first-order valence-electron chi connectivity index (χ1n) is 5.88. The summed E-state index contributed by atoms with van der Waals surface area (Å²) in [5, 5.41) is 9.36. The number of hydrazone groups is 1. The molecule has 2 rings (SSSR count). The van der Waals surface area contributed by atoms with Gasteiger partial charge in [-0.25, -0.2) is 0 Å². The van der Waals surface area contributed by atoms with Crippen molar-refractivity contribution in [2.75, 3.05) is 12.4 Å². The summed E-state index contributed by atoms with van der Waals surface area (Å²) < 4.78 is 0.770. The largest absolute Gasteiger partial charge is 0.388 e. The summed E-state index contributed by atoms with van der Waals surface area (Å²) in [4.78, 5) is 11.4. The molecule has 1 atom stereocenters. The molecule has 1 unspecified atom stereocenters. The van der Waals surface area contributed by atoms with Crippen LogP contribution in [0.5, 0.6) is 0 Å². The van der Waals surface area contributed by atoms with Crippen LogP contribution in [0.2, 0.25) is 0 Å². The molecule has 1 aromatic rings. The molecular weight excluding hydrogens is 294 g/mol. The quantitative estimate of drug-likeness (QED) is 0.873. The van der Waals surface area contributed by atoms with Crippen molar-refractivity contribution >= 4 is 32.5 Å². The van der Waals surface area contributed by atoms with Gasteiger partial charge < -0.3 is 10.1 Å². The van der Waals surface area contributed by atoms with Gasteiger partial charge in [0.25, 0.3) is 0 Å². The van der Waals surface area contributed by atoms with E-state index in [1.165, 1.54) is 0 Å². The number of nitrogens with one attached hydrogen (secondary N) is 1. The van der Waals surface area contributed by atoms with Gasteiger partial charge in [0, 0.05) is 24.3 Å². The number of hydrogen-bond acceptors (Lipinski definition) is 4. The van der Waals surface area contributed by atoms with Crippen LogP contribution >= 0.6 is 15.9 Å². The summed E-state index contributed by atoms with van der Waals surface area (Å²) in [7, 11) is 1.86. The number of benzene rings is 1. The van der Waals surface area contributed by atoms with Crippen molar-refractivity contribution in [1.82, 2.24) is 5.01 Å². The molecule has 0 saturated carbocycles. The monoisotopic (exact) mass is 309 g/mol. The normalized spacial score (nSPS) is 18.4. The number of fused-ring (bicyclic) bond motifs is 1. The average Bonchev–Trinajstić information content (AvgIpc) is 2.37. The number of rotatable bonds is 3. The minimum absolute atomic E-state index is 0.166. The number of nitrogens with zero attached hydrogens (tertiary/aromatic N) is 2. The minimum atomic E-state index is -0.324. The van der Waals surface area contributed by atoms with Gasteiger partial charge in [-0.05, 0) is 53.5 Å². The van der Waals surface area contributed by atoms with Gasteiger partial charge in [0.1, 0.15) is 16.9 Å². The fraction of sp³-hybridized carbons (Fsp3) is 0.385. The van der Waals surface area contributed by atoms with E-state index in [0.717, 1.165) is 27.7 Å². The van der Waals surface area contributed by atoms with E-state index in [1.54, 1.807) is 0 Å². The molecule has 0 saturated heterocycles. The lowest BCUT2D eigenvalue weighted by Gasteiger charge is -2.34. The summed E-state index contributed by atoms with van der Waals surface area (Å²) in [6.07, 6.45) is 0.946. The molecule has 1 aromatic carbocycles. The lowest BCUT2D eigenvalue weighted by Crippen LogP contribution is -2.35. The smallest absolute Gasteiger partial charge is 0.148 e. The summed E-state index contributed by atoms with van der Waals surface area (Å²) in [6.45, 7) is 4.04. The standard InChI is InChI=1S/C13H16BrN3O/c1-8(2)17-12(7-18)11-6-9(15-3)4-5-10(11)13(14)16-17/h4-8,12,15H,1-3H3. The van der Waals surface area contributed by atoms with Gasteiger partial charge in [0.15, 0.2) is 0 Å². The van der Waals surface area contributed by atoms with Gasteiger partial charge in [-0.3, -0.25) is 5.01 Å². The van der Waals surface area contributed by atoms with Crippen LogP contribution in [0, 0.1) is 0 Å². The lowest BCUT2D eigenvalue weighted by atomic mass is 9.98. The Morgan fingerprint density at radius 3 is 2.78 bits per heavy atom. The van der Waals surface area contributed by atoms with Gasteiger partial charge >= 0.3 is 0 Å². The van der Waals surface area contributed by atoms with Gasteiger partial charge in [-0.15, -0.1) is 0 Å². The van der Waals surface area contributed by atoms with E-state index in [2.05, 4.69) is 26.3 Å². The van der Waals surface area contributed by atoms with Gasteiger partial charge in [0.2, 0.25) is 0 Å². The highest BCUT2D eigenvalue weighted by atomic mass is 79.9. The third kappa shape index (κ3) is 2.14. The molecule has 1 aliphatic heterocycles. The van der Waals surface area contributed by atoms with Crippen LogP contribution < -0.4 is 5.32 Å². The number of anilines is 1. The number of carbonyl (C=O) groups is 1.